The van der Waals surface area contributed by atoms with Crippen molar-refractivity contribution in [2.45, 2.75) is 43.9 Å². The van der Waals surface area contributed by atoms with Crippen molar-refractivity contribution in [2.75, 3.05) is 31.6 Å². The highest BCUT2D eigenvalue weighted by Gasteiger charge is 2.38. The summed E-state index contributed by atoms with van der Waals surface area (Å²) in [6, 6.07) is 6.28. The molecule has 12 heteroatoms. The number of ether oxygens (including phenoxy) is 1. The number of anilines is 1. The maximum atomic E-state index is 13.5. The van der Waals surface area contributed by atoms with E-state index in [0.717, 1.165) is 0 Å². The highest BCUT2D eigenvalue weighted by Crippen LogP contribution is 2.40. The topological polar surface area (TPSA) is 73.2 Å². The van der Waals surface area contributed by atoms with E-state index in [-0.39, 0.29) is 24.1 Å². The summed E-state index contributed by atoms with van der Waals surface area (Å²) in [6.07, 6.45) is -9.73. The third-order valence-corrected chi connectivity index (χ3v) is 7.50. The smallest absolute Gasteiger partial charge is 0.416 e. The number of likely N-dealkylation sites (N-methyl/N-ethyl adjacent to an activating group) is 1. The molecule has 1 saturated heterocycles. The summed E-state index contributed by atoms with van der Waals surface area (Å²) >= 11 is 0. The standard InChI is InChI=1S/C27H28F6N2O4/c1-15(25(37)38)24(36)17-3-6-23-21(12-17)34(2)22(14-39-23)16-7-9-35(10-8-16)13-18-11-19(26(28,29)30)4-5-20(18)27(31,32)33/h3-6,11-12,16,22,24,36H,1,7-10,13-14H2,2H3,(H,37,38)/t22?,24-/m1/s1. The Hall–Kier alpha value is -3.25. The number of hydrogen-bond donors (Lipinski definition) is 2. The van der Waals surface area contributed by atoms with Gasteiger partial charge in [-0.25, -0.2) is 4.79 Å². The maximum Gasteiger partial charge on any atom is 0.416 e. The molecular formula is C27H28F6N2O4. The fourth-order valence-corrected chi connectivity index (χ4v) is 5.25. The lowest BCUT2D eigenvalue weighted by atomic mass is 9.87. The molecule has 2 aromatic rings. The molecule has 212 valence electrons. The van der Waals surface area contributed by atoms with E-state index in [1.807, 2.05) is 11.9 Å². The Morgan fingerprint density at radius 2 is 1.74 bits per heavy atom. The lowest BCUT2D eigenvalue weighted by Crippen LogP contribution is -2.49. The fraction of sp³-hybridized carbons (Fsp3) is 0.444. The van der Waals surface area contributed by atoms with Crippen LogP contribution < -0.4 is 9.64 Å². The maximum absolute atomic E-state index is 13.5. The molecule has 2 heterocycles. The van der Waals surface area contributed by atoms with Crippen LogP contribution in [0.1, 0.15) is 41.2 Å². The third-order valence-electron chi connectivity index (χ3n) is 7.50. The number of alkyl halides is 6. The van der Waals surface area contributed by atoms with Gasteiger partial charge in [0, 0.05) is 13.6 Å². The minimum Gasteiger partial charge on any atom is -0.489 e. The first-order valence-electron chi connectivity index (χ1n) is 12.3. The van der Waals surface area contributed by atoms with E-state index in [9.17, 15) is 36.2 Å². The number of carboxylic acid groups (broad SMARTS) is 1. The minimum atomic E-state index is -4.77. The van der Waals surface area contributed by atoms with Gasteiger partial charge in [-0.05, 0) is 73.3 Å². The first-order valence-corrected chi connectivity index (χ1v) is 12.3. The molecular weight excluding hydrogens is 530 g/mol. The van der Waals surface area contributed by atoms with Crippen molar-refractivity contribution in [1.29, 1.82) is 0 Å². The Balaban J connectivity index is 1.45. The number of aliphatic carboxylic acids is 1. The van der Waals surface area contributed by atoms with Gasteiger partial charge in [-0.2, -0.15) is 26.3 Å². The summed E-state index contributed by atoms with van der Waals surface area (Å²) in [5.41, 5.74) is -1.96. The predicted molar refractivity (Wildman–Crippen MR) is 130 cm³/mol. The average Bonchev–Trinajstić information content (AvgIpc) is 2.87. The second-order valence-corrected chi connectivity index (χ2v) is 9.93. The molecule has 6 nitrogen and oxygen atoms in total. The summed E-state index contributed by atoms with van der Waals surface area (Å²) < 4.78 is 85.9. The van der Waals surface area contributed by atoms with Gasteiger partial charge in [0.25, 0.3) is 0 Å². The van der Waals surface area contributed by atoms with Crippen molar-refractivity contribution in [3.63, 3.8) is 0 Å². The van der Waals surface area contributed by atoms with Crippen LogP contribution in [0.15, 0.2) is 48.6 Å². The van der Waals surface area contributed by atoms with E-state index in [1.165, 1.54) is 0 Å². The lowest BCUT2D eigenvalue weighted by Gasteiger charge is -2.43. The highest BCUT2D eigenvalue weighted by atomic mass is 19.4. The summed E-state index contributed by atoms with van der Waals surface area (Å²) in [7, 11) is 1.85. The molecule has 0 aliphatic carbocycles. The van der Waals surface area contributed by atoms with Gasteiger partial charge < -0.3 is 19.8 Å². The van der Waals surface area contributed by atoms with E-state index in [4.69, 9.17) is 9.84 Å². The van der Waals surface area contributed by atoms with Crippen molar-refractivity contribution in [3.05, 3.63) is 70.8 Å². The van der Waals surface area contributed by atoms with Gasteiger partial charge in [0.1, 0.15) is 18.5 Å². The van der Waals surface area contributed by atoms with Crippen LogP contribution in [0.2, 0.25) is 0 Å². The number of piperidine rings is 1. The van der Waals surface area contributed by atoms with Crippen molar-refractivity contribution in [3.8, 4) is 5.75 Å². The van der Waals surface area contributed by atoms with Crippen LogP contribution in [0.4, 0.5) is 32.0 Å². The van der Waals surface area contributed by atoms with Gasteiger partial charge in [-0.15, -0.1) is 0 Å². The SMILES string of the molecule is C=C(C(=O)O)[C@@H](O)c1ccc2c(c1)N(C)C(C1CCN(Cc3cc(C(F)(F)F)ccc3C(F)(F)F)CC1)CO2. The summed E-state index contributed by atoms with van der Waals surface area (Å²) in [5, 5.41) is 19.5. The Morgan fingerprint density at radius 1 is 1.08 bits per heavy atom. The molecule has 0 amide bonds. The van der Waals surface area contributed by atoms with Gasteiger partial charge in [0.2, 0.25) is 0 Å². The number of carbonyl (C=O) groups is 1. The monoisotopic (exact) mass is 558 g/mol. The number of aliphatic hydroxyl groups excluding tert-OH is 1. The van der Waals surface area contributed by atoms with Gasteiger partial charge in [0.15, 0.2) is 0 Å². The second-order valence-electron chi connectivity index (χ2n) is 9.93. The lowest BCUT2D eigenvalue weighted by molar-refractivity contribution is -0.142. The zero-order chi connectivity index (χ0) is 28.7. The Kier molecular flexibility index (Phi) is 7.91. The van der Waals surface area contributed by atoms with Crippen LogP contribution >= 0.6 is 0 Å². The number of aliphatic hydroxyl groups is 1. The predicted octanol–water partition coefficient (Wildman–Crippen LogP) is 5.51. The number of fused-ring (bicyclic) bond motifs is 1. The zero-order valence-electron chi connectivity index (χ0n) is 21.0. The first-order chi connectivity index (χ1) is 18.2. The van der Waals surface area contributed by atoms with E-state index >= 15 is 0 Å². The Labute approximate surface area is 221 Å². The van der Waals surface area contributed by atoms with Gasteiger partial charge in [-0.1, -0.05) is 12.6 Å². The van der Waals surface area contributed by atoms with Crippen LogP contribution in [0, 0.1) is 5.92 Å². The molecule has 2 atom stereocenters. The van der Waals surface area contributed by atoms with E-state index in [2.05, 4.69) is 6.58 Å². The van der Waals surface area contributed by atoms with Crippen molar-refractivity contribution >= 4 is 11.7 Å². The molecule has 2 aliphatic rings. The summed E-state index contributed by atoms with van der Waals surface area (Å²) in [5.74, 6) is -0.667. The minimum absolute atomic E-state index is 0.0885. The summed E-state index contributed by atoms with van der Waals surface area (Å²) in [6.45, 7) is 4.30. The van der Waals surface area contributed by atoms with Crippen LogP contribution in [-0.2, 0) is 23.7 Å². The number of carboxylic acids is 1. The molecule has 1 fully saturated rings. The number of likely N-dealkylation sites (tertiary alicyclic amines) is 1. The van der Waals surface area contributed by atoms with Crippen molar-refractivity contribution in [2.24, 2.45) is 5.92 Å². The Morgan fingerprint density at radius 3 is 2.33 bits per heavy atom. The third kappa shape index (κ3) is 6.17. The van der Waals surface area contributed by atoms with Crippen molar-refractivity contribution < 1.29 is 46.1 Å². The van der Waals surface area contributed by atoms with Crippen LogP contribution in [0.3, 0.4) is 0 Å². The number of halogens is 6. The molecule has 2 N–H and O–H groups in total. The molecule has 1 unspecified atom stereocenters. The zero-order valence-corrected chi connectivity index (χ0v) is 21.0. The number of nitrogens with zero attached hydrogens (tertiary/aromatic N) is 2. The van der Waals surface area contributed by atoms with Gasteiger partial charge in [0.05, 0.1) is 28.4 Å². The quantitative estimate of drug-likeness (QED) is 0.360. The van der Waals surface area contributed by atoms with Gasteiger partial charge in [-0.3, -0.25) is 4.90 Å². The van der Waals surface area contributed by atoms with E-state index in [1.54, 1.807) is 23.1 Å². The molecule has 39 heavy (non-hydrogen) atoms. The molecule has 0 saturated carbocycles. The summed E-state index contributed by atoms with van der Waals surface area (Å²) in [4.78, 5) is 14.9. The average molecular weight is 559 g/mol. The van der Waals surface area contributed by atoms with Crippen LogP contribution in [0.5, 0.6) is 5.75 Å². The first kappa shape index (κ1) is 28.8. The normalized spacial score (nSPS) is 19.8. The highest BCUT2D eigenvalue weighted by molar-refractivity contribution is 5.87. The molecule has 0 radical (unpaired) electrons. The Bertz CT molecular complexity index is 1240. The molecule has 4 rings (SSSR count). The van der Waals surface area contributed by atoms with Crippen LogP contribution in [0.25, 0.3) is 0 Å². The van der Waals surface area contributed by atoms with Crippen LogP contribution in [-0.4, -0.2) is 53.9 Å². The largest absolute Gasteiger partial charge is 0.489 e. The molecule has 0 spiro atoms. The van der Waals surface area contributed by atoms with E-state index in [0.29, 0.717) is 67.7 Å². The van der Waals surface area contributed by atoms with Gasteiger partial charge >= 0.3 is 18.3 Å². The molecule has 2 aliphatic heterocycles. The second kappa shape index (κ2) is 10.7. The molecule has 0 aromatic heterocycles. The molecule has 0 bridgehead atoms. The van der Waals surface area contributed by atoms with E-state index < -0.39 is 41.1 Å². The van der Waals surface area contributed by atoms with Crippen molar-refractivity contribution in [1.82, 2.24) is 4.90 Å². The number of hydrogen-bond acceptors (Lipinski definition) is 5. The number of benzene rings is 2. The molecule has 2 aromatic carbocycles. The fourth-order valence-electron chi connectivity index (χ4n) is 5.25. The number of rotatable bonds is 6.